The highest BCUT2D eigenvalue weighted by Crippen LogP contribution is 2.26. The van der Waals surface area contributed by atoms with Gasteiger partial charge in [-0.2, -0.15) is 0 Å². The SMILES string of the molecule is C=CCN(C(=O)C(Cc1ccccc1)NC(=O)OC(C)(C)C)C(C(=O)Nc1ccccc1C)c1cccc(C)c1. The smallest absolute Gasteiger partial charge is 0.408 e. The van der Waals surface area contributed by atoms with Crippen molar-refractivity contribution in [2.75, 3.05) is 11.9 Å². The highest BCUT2D eigenvalue weighted by Gasteiger charge is 2.36. The minimum atomic E-state index is -0.990. The van der Waals surface area contributed by atoms with Crippen LogP contribution in [0.2, 0.25) is 0 Å². The van der Waals surface area contributed by atoms with Crippen LogP contribution < -0.4 is 10.6 Å². The van der Waals surface area contributed by atoms with Gasteiger partial charge in [-0.05, 0) is 57.4 Å². The molecule has 2 unspecified atom stereocenters. The Morgan fingerprint density at radius 3 is 2.25 bits per heavy atom. The van der Waals surface area contributed by atoms with E-state index < -0.39 is 29.7 Å². The van der Waals surface area contributed by atoms with E-state index in [-0.39, 0.29) is 18.9 Å². The molecule has 0 saturated heterocycles. The first kappa shape index (κ1) is 30.2. The summed E-state index contributed by atoms with van der Waals surface area (Å²) in [5.41, 5.74) is 3.26. The molecule has 0 spiro atoms. The van der Waals surface area contributed by atoms with Crippen LogP contribution >= 0.6 is 0 Å². The highest BCUT2D eigenvalue weighted by atomic mass is 16.6. The molecular weight excluding hydrogens is 502 g/mol. The summed E-state index contributed by atoms with van der Waals surface area (Å²) in [7, 11) is 0. The van der Waals surface area contributed by atoms with E-state index in [4.69, 9.17) is 4.74 Å². The molecule has 0 aromatic heterocycles. The summed E-state index contributed by atoms with van der Waals surface area (Å²) in [6.45, 7) is 13.0. The first-order valence-electron chi connectivity index (χ1n) is 13.4. The highest BCUT2D eigenvalue weighted by molar-refractivity contribution is 5.99. The van der Waals surface area contributed by atoms with Crippen molar-refractivity contribution in [3.8, 4) is 0 Å². The topological polar surface area (TPSA) is 87.7 Å². The third-order valence-corrected chi connectivity index (χ3v) is 6.20. The van der Waals surface area contributed by atoms with Crippen LogP contribution in [0.25, 0.3) is 0 Å². The van der Waals surface area contributed by atoms with Crippen molar-refractivity contribution in [1.29, 1.82) is 0 Å². The normalized spacial score (nSPS) is 12.5. The Morgan fingerprint density at radius 2 is 1.62 bits per heavy atom. The standard InChI is InChI=1S/C33H39N3O4/c1-7-20-36(31(38)28(22-25-16-9-8-10-17-25)35-32(39)40-33(4,5)6)29(26-18-13-14-23(2)21-26)30(37)34-27-19-12-11-15-24(27)3/h7-19,21,28-29H,1,20,22H2,2-6H3,(H,34,37)(H,35,39). The van der Waals surface area contributed by atoms with Crippen LogP contribution in [0.3, 0.4) is 0 Å². The van der Waals surface area contributed by atoms with E-state index in [9.17, 15) is 14.4 Å². The summed E-state index contributed by atoms with van der Waals surface area (Å²) in [5, 5.41) is 5.76. The molecule has 210 valence electrons. The molecule has 7 heteroatoms. The fourth-order valence-electron chi connectivity index (χ4n) is 4.39. The second-order valence-corrected chi connectivity index (χ2v) is 10.8. The molecule has 0 heterocycles. The van der Waals surface area contributed by atoms with Crippen LogP contribution in [-0.4, -0.2) is 41.0 Å². The fourth-order valence-corrected chi connectivity index (χ4v) is 4.39. The van der Waals surface area contributed by atoms with Crippen LogP contribution in [0, 0.1) is 13.8 Å². The Morgan fingerprint density at radius 1 is 0.950 bits per heavy atom. The second kappa shape index (κ2) is 13.6. The Bertz CT molecular complexity index is 1330. The van der Waals surface area contributed by atoms with E-state index in [1.54, 1.807) is 26.8 Å². The first-order valence-corrected chi connectivity index (χ1v) is 13.4. The van der Waals surface area contributed by atoms with E-state index in [2.05, 4.69) is 17.2 Å². The zero-order valence-corrected chi connectivity index (χ0v) is 23.9. The summed E-state index contributed by atoms with van der Waals surface area (Å²) in [6, 6.07) is 22.4. The van der Waals surface area contributed by atoms with Gasteiger partial charge in [0.25, 0.3) is 5.91 Å². The van der Waals surface area contributed by atoms with E-state index >= 15 is 0 Å². The Labute approximate surface area is 237 Å². The molecule has 0 radical (unpaired) electrons. The van der Waals surface area contributed by atoms with E-state index in [0.29, 0.717) is 11.3 Å². The van der Waals surface area contributed by atoms with Crippen molar-refractivity contribution in [1.82, 2.24) is 10.2 Å². The molecule has 3 aromatic carbocycles. The minimum Gasteiger partial charge on any atom is -0.444 e. The number of para-hydroxylation sites is 1. The molecule has 3 amide bonds. The number of alkyl carbamates (subject to hydrolysis) is 1. The van der Waals surface area contributed by atoms with Gasteiger partial charge in [-0.15, -0.1) is 6.58 Å². The number of amides is 3. The lowest BCUT2D eigenvalue weighted by atomic mass is 9.99. The number of nitrogens with one attached hydrogen (secondary N) is 2. The van der Waals surface area contributed by atoms with Crippen molar-refractivity contribution in [2.24, 2.45) is 0 Å². The minimum absolute atomic E-state index is 0.0833. The van der Waals surface area contributed by atoms with Crippen LogP contribution in [0.5, 0.6) is 0 Å². The van der Waals surface area contributed by atoms with Crippen molar-refractivity contribution in [2.45, 2.75) is 58.7 Å². The van der Waals surface area contributed by atoms with Crippen molar-refractivity contribution >= 4 is 23.6 Å². The molecule has 3 aromatic rings. The van der Waals surface area contributed by atoms with Crippen LogP contribution in [0.1, 0.15) is 49.1 Å². The van der Waals surface area contributed by atoms with Gasteiger partial charge in [0, 0.05) is 18.7 Å². The van der Waals surface area contributed by atoms with Crippen molar-refractivity contribution < 1.29 is 19.1 Å². The lowest BCUT2D eigenvalue weighted by Gasteiger charge is -2.34. The van der Waals surface area contributed by atoms with Gasteiger partial charge in [0.05, 0.1) is 0 Å². The van der Waals surface area contributed by atoms with Gasteiger partial charge in [-0.3, -0.25) is 9.59 Å². The van der Waals surface area contributed by atoms with E-state index in [1.165, 1.54) is 4.90 Å². The van der Waals surface area contributed by atoms with Crippen molar-refractivity contribution in [3.05, 3.63) is 114 Å². The predicted octanol–water partition coefficient (Wildman–Crippen LogP) is 6.13. The van der Waals surface area contributed by atoms with Gasteiger partial charge in [-0.25, -0.2) is 4.79 Å². The molecule has 7 nitrogen and oxygen atoms in total. The number of hydrogen-bond acceptors (Lipinski definition) is 4. The van der Waals surface area contributed by atoms with Crippen molar-refractivity contribution in [3.63, 3.8) is 0 Å². The molecule has 3 rings (SSSR count). The lowest BCUT2D eigenvalue weighted by molar-refractivity contribution is -0.140. The van der Waals surface area contributed by atoms with Crippen LogP contribution in [0.15, 0.2) is 91.5 Å². The van der Waals surface area contributed by atoms with Crippen LogP contribution in [-0.2, 0) is 20.7 Å². The zero-order chi connectivity index (χ0) is 29.3. The molecule has 40 heavy (non-hydrogen) atoms. The molecule has 0 aliphatic carbocycles. The quantitative estimate of drug-likeness (QED) is 0.302. The predicted molar refractivity (Wildman–Crippen MR) is 159 cm³/mol. The first-order chi connectivity index (χ1) is 19.0. The van der Waals surface area contributed by atoms with E-state index in [1.807, 2.05) is 92.7 Å². The summed E-state index contributed by atoms with van der Waals surface area (Å²) >= 11 is 0. The van der Waals surface area contributed by atoms with Gasteiger partial charge in [-0.1, -0.05) is 84.4 Å². The Balaban J connectivity index is 2.04. The maximum absolute atomic E-state index is 14.3. The molecular formula is C33H39N3O4. The lowest BCUT2D eigenvalue weighted by Crippen LogP contribution is -2.53. The van der Waals surface area contributed by atoms with Gasteiger partial charge in [0.15, 0.2) is 0 Å². The van der Waals surface area contributed by atoms with Gasteiger partial charge >= 0.3 is 6.09 Å². The number of carbonyl (C=O) groups excluding carboxylic acids is 3. The third-order valence-electron chi connectivity index (χ3n) is 6.20. The Kier molecular flexibility index (Phi) is 10.3. The number of aryl methyl sites for hydroxylation is 2. The van der Waals surface area contributed by atoms with Gasteiger partial charge in [0.1, 0.15) is 17.7 Å². The molecule has 2 atom stereocenters. The number of ether oxygens (including phenoxy) is 1. The van der Waals surface area contributed by atoms with Crippen LogP contribution in [0.4, 0.5) is 10.5 Å². The monoisotopic (exact) mass is 541 g/mol. The maximum Gasteiger partial charge on any atom is 0.408 e. The summed E-state index contributed by atoms with van der Waals surface area (Å²) in [6.07, 6.45) is 1.08. The average molecular weight is 542 g/mol. The molecule has 0 bridgehead atoms. The fraction of sp³-hybridized carbons (Fsp3) is 0.303. The number of benzene rings is 3. The maximum atomic E-state index is 14.3. The molecule has 0 aliphatic heterocycles. The largest absolute Gasteiger partial charge is 0.444 e. The number of hydrogen-bond donors (Lipinski definition) is 2. The summed E-state index contributed by atoms with van der Waals surface area (Å²) < 4.78 is 5.48. The van der Waals surface area contributed by atoms with Gasteiger partial charge < -0.3 is 20.3 Å². The molecule has 0 saturated carbocycles. The second-order valence-electron chi connectivity index (χ2n) is 10.8. The summed E-state index contributed by atoms with van der Waals surface area (Å²) in [5.74, 6) is -0.799. The average Bonchev–Trinajstić information content (AvgIpc) is 2.88. The third kappa shape index (κ3) is 8.56. The number of anilines is 1. The Hall–Kier alpha value is -4.39. The zero-order valence-electron chi connectivity index (χ0n) is 23.9. The number of rotatable bonds is 10. The molecule has 0 aliphatic rings. The number of carbonyl (C=O) groups is 3. The summed E-state index contributed by atoms with van der Waals surface area (Å²) in [4.78, 5) is 42.5. The molecule has 0 fully saturated rings. The number of nitrogens with zero attached hydrogens (tertiary/aromatic N) is 1. The van der Waals surface area contributed by atoms with E-state index in [0.717, 1.165) is 16.7 Å². The molecule has 2 N–H and O–H groups in total. The van der Waals surface area contributed by atoms with Gasteiger partial charge in [0.2, 0.25) is 5.91 Å².